The lowest BCUT2D eigenvalue weighted by molar-refractivity contribution is -0.135. The first-order valence-electron chi connectivity index (χ1n) is 22.1. The molecule has 7 heterocycles. The number of nitrogens with zero attached hydrogens (tertiary/aromatic N) is 6. The zero-order valence-electron chi connectivity index (χ0n) is 36.8. The highest BCUT2D eigenvalue weighted by Gasteiger charge is 2.39. The van der Waals surface area contributed by atoms with Crippen LogP contribution in [0.15, 0.2) is 48.8 Å². The monoisotopic (exact) mass is 889 g/mol. The van der Waals surface area contributed by atoms with Gasteiger partial charge in [-0.2, -0.15) is 0 Å². The van der Waals surface area contributed by atoms with Crippen LogP contribution in [0.1, 0.15) is 112 Å². The van der Waals surface area contributed by atoms with E-state index in [0.29, 0.717) is 59.4 Å². The van der Waals surface area contributed by atoms with Gasteiger partial charge in [0.2, 0.25) is 12.1 Å². The van der Waals surface area contributed by atoms with Gasteiger partial charge in [0.1, 0.15) is 34.9 Å². The average Bonchev–Trinajstić information content (AvgIpc) is 4.11. The molecule has 3 amide bonds. The van der Waals surface area contributed by atoms with Gasteiger partial charge in [-0.3, -0.25) is 14.3 Å². The molecule has 17 heteroatoms. The number of thiazole rings is 1. The van der Waals surface area contributed by atoms with Crippen LogP contribution in [0.5, 0.6) is 5.75 Å². The average molecular weight is 890 g/mol. The number of aromatic nitrogens is 6. The Balaban J connectivity index is 0.979. The fourth-order valence-corrected chi connectivity index (χ4v) is 10.8. The van der Waals surface area contributed by atoms with Crippen molar-refractivity contribution in [1.29, 1.82) is 0 Å². The number of alkyl carbamates (subject to hydrolysis) is 1. The molecule has 334 valence electrons. The molecule has 0 bridgehead atoms. The number of carbonyl (C=O) groups excluding carboxylic acids is 3. The van der Waals surface area contributed by atoms with Crippen LogP contribution in [0, 0.1) is 11.7 Å². The molecule has 0 spiro atoms. The number of ether oxygens (including phenoxy) is 3. The summed E-state index contributed by atoms with van der Waals surface area (Å²) in [7, 11) is 1.27. The van der Waals surface area contributed by atoms with Gasteiger partial charge in [-0.1, -0.05) is 19.9 Å². The molecule has 6 aromatic rings. The van der Waals surface area contributed by atoms with E-state index >= 15 is 4.39 Å². The van der Waals surface area contributed by atoms with Crippen molar-refractivity contribution in [2.24, 2.45) is 5.92 Å². The van der Waals surface area contributed by atoms with E-state index in [1.54, 1.807) is 33.5 Å². The third-order valence-corrected chi connectivity index (χ3v) is 13.9. The van der Waals surface area contributed by atoms with E-state index in [-0.39, 0.29) is 30.0 Å². The predicted molar refractivity (Wildman–Crippen MR) is 238 cm³/mol. The fraction of sp³-hybridized carbons (Fsp3) is 0.447. The van der Waals surface area contributed by atoms with Gasteiger partial charge < -0.3 is 34.4 Å². The first-order valence-corrected chi connectivity index (χ1v) is 23.0. The summed E-state index contributed by atoms with van der Waals surface area (Å²) in [5, 5.41) is 4.39. The number of aromatic amines is 2. The predicted octanol–water partition coefficient (Wildman–Crippen LogP) is 9.23. The molecular formula is C47H52FN9O6S. The quantitative estimate of drug-likeness (QED) is 0.135. The molecule has 3 aliphatic heterocycles. The zero-order valence-corrected chi connectivity index (χ0v) is 37.6. The number of H-pyrrole nitrogens is 2. The molecule has 10 rings (SSSR count). The van der Waals surface area contributed by atoms with Crippen molar-refractivity contribution < 1.29 is 33.0 Å². The van der Waals surface area contributed by atoms with Crippen molar-refractivity contribution in [2.45, 2.75) is 110 Å². The van der Waals surface area contributed by atoms with E-state index in [0.717, 1.165) is 71.4 Å². The molecule has 1 aliphatic carbocycles. The van der Waals surface area contributed by atoms with Crippen LogP contribution < -0.4 is 10.1 Å². The molecule has 4 atom stereocenters. The van der Waals surface area contributed by atoms with Crippen LogP contribution in [0.2, 0.25) is 0 Å². The number of benzene rings is 2. The SMILES string of the molecule is COC(=O)N[C@H](C(=O)N1CCC[C@H]1c1ncc(-c2cc(F)c3c(c2)OC(c2nc4c(s2)CCC4)n2c-3cc3cc(-c4cnc(C5CCCN5C(=O)OC(C)(C)C)[nH]4)ccc32)[nH]1)C(C)C. The van der Waals surface area contributed by atoms with Crippen molar-refractivity contribution in [3.05, 3.63) is 81.8 Å². The van der Waals surface area contributed by atoms with E-state index in [1.165, 1.54) is 18.1 Å². The number of hydrogen-bond acceptors (Lipinski definition) is 10. The van der Waals surface area contributed by atoms with Crippen LogP contribution in [-0.2, 0) is 27.1 Å². The zero-order chi connectivity index (χ0) is 44.6. The molecule has 2 aromatic carbocycles. The van der Waals surface area contributed by atoms with Crippen LogP contribution in [-0.4, -0.2) is 89.2 Å². The lowest BCUT2D eigenvalue weighted by Gasteiger charge is -2.30. The largest absolute Gasteiger partial charge is 0.462 e. The van der Waals surface area contributed by atoms with Crippen LogP contribution >= 0.6 is 11.3 Å². The van der Waals surface area contributed by atoms with E-state index in [2.05, 4.69) is 21.4 Å². The normalized spacial score (nSPS) is 19.7. The highest BCUT2D eigenvalue weighted by Crippen LogP contribution is 2.48. The number of halogens is 1. The standard InChI is InChI=1S/C47H52FN9O6S/c1-24(2)39(54-45(59)61-6)43(58)55-16-8-11-33(55)40-50-23-31(52-40)26-19-28(48)38-35-20-27-18-25(30-22-49-41(51-30)34-12-9-17-56(34)46(60)63-47(3,4)5)14-15-32(27)57(35)44(62-36(38)21-26)42-53-29-10-7-13-37(29)64-42/h14-15,18-24,33-34,39,44H,7-13,16-17H2,1-6H3,(H,49,51)(H,50,52)(H,54,59)/t33-,34?,39-,44?/m0/s1. The van der Waals surface area contributed by atoms with Gasteiger partial charge in [0.05, 0.1) is 65.4 Å². The second-order valence-corrected chi connectivity index (χ2v) is 19.6. The van der Waals surface area contributed by atoms with Gasteiger partial charge in [0.15, 0.2) is 5.01 Å². The maximum Gasteiger partial charge on any atom is 0.410 e. The minimum absolute atomic E-state index is 0.167. The summed E-state index contributed by atoms with van der Waals surface area (Å²) < 4.78 is 36.2. The van der Waals surface area contributed by atoms with E-state index < -0.39 is 29.8 Å². The Kier molecular flexibility index (Phi) is 10.5. The molecular weight excluding hydrogens is 838 g/mol. The van der Waals surface area contributed by atoms with Gasteiger partial charge in [0, 0.05) is 34.5 Å². The van der Waals surface area contributed by atoms with Gasteiger partial charge in [-0.05, 0) is 102 Å². The first-order chi connectivity index (χ1) is 30.7. The van der Waals surface area contributed by atoms with E-state index in [9.17, 15) is 14.4 Å². The summed E-state index contributed by atoms with van der Waals surface area (Å²) in [6, 6.07) is 10.1. The minimum Gasteiger partial charge on any atom is -0.462 e. The van der Waals surface area contributed by atoms with Crippen molar-refractivity contribution in [2.75, 3.05) is 20.2 Å². The molecule has 3 N–H and O–H groups in total. The fourth-order valence-electron chi connectivity index (χ4n) is 9.67. The lowest BCUT2D eigenvalue weighted by atomic mass is 10.0. The summed E-state index contributed by atoms with van der Waals surface area (Å²) >= 11 is 1.65. The number of methoxy groups -OCH3 is 1. The minimum atomic E-state index is -0.762. The van der Waals surface area contributed by atoms with Gasteiger partial charge in [-0.15, -0.1) is 11.3 Å². The lowest BCUT2D eigenvalue weighted by Crippen LogP contribution is -2.51. The second kappa shape index (κ2) is 16.1. The number of amides is 3. The Morgan fingerprint density at radius 1 is 0.922 bits per heavy atom. The number of hydrogen-bond donors (Lipinski definition) is 3. The second-order valence-electron chi connectivity index (χ2n) is 18.5. The van der Waals surface area contributed by atoms with E-state index in [4.69, 9.17) is 29.2 Å². The van der Waals surface area contributed by atoms with Gasteiger partial charge >= 0.3 is 12.2 Å². The highest BCUT2D eigenvalue weighted by atomic mass is 32.1. The molecule has 2 unspecified atom stereocenters. The topological polar surface area (TPSA) is 173 Å². The number of fused-ring (bicyclic) bond motifs is 6. The molecule has 4 aromatic heterocycles. The van der Waals surface area contributed by atoms with Crippen LogP contribution in [0.3, 0.4) is 0 Å². The summed E-state index contributed by atoms with van der Waals surface area (Å²) in [6.07, 6.45) is 7.88. The van der Waals surface area contributed by atoms with Crippen molar-refractivity contribution in [3.63, 3.8) is 0 Å². The molecule has 2 saturated heterocycles. The molecule has 4 aliphatic rings. The molecule has 0 radical (unpaired) electrons. The van der Waals surface area contributed by atoms with Crippen LogP contribution in [0.4, 0.5) is 14.0 Å². The first kappa shape index (κ1) is 41.8. The van der Waals surface area contributed by atoms with E-state index in [1.807, 2.05) is 63.5 Å². The molecule has 2 fully saturated rings. The molecule has 0 saturated carbocycles. The number of imidazole rings is 2. The summed E-state index contributed by atoms with van der Waals surface area (Å²) in [6.45, 7) is 10.5. The molecule has 64 heavy (non-hydrogen) atoms. The third kappa shape index (κ3) is 7.46. The smallest absolute Gasteiger partial charge is 0.410 e. The maximum absolute atomic E-state index is 16.8. The number of aryl methyl sites for hydroxylation is 2. The Bertz CT molecular complexity index is 2780. The molecule has 15 nitrogen and oxygen atoms in total. The van der Waals surface area contributed by atoms with Gasteiger partial charge in [-0.25, -0.2) is 28.9 Å². The number of carbonyl (C=O) groups is 3. The van der Waals surface area contributed by atoms with Gasteiger partial charge in [0.25, 0.3) is 0 Å². The third-order valence-electron chi connectivity index (χ3n) is 12.7. The number of rotatable bonds is 8. The highest BCUT2D eigenvalue weighted by molar-refractivity contribution is 7.11. The Hall–Kier alpha value is -6.23. The summed E-state index contributed by atoms with van der Waals surface area (Å²) in [4.78, 5) is 65.1. The summed E-state index contributed by atoms with van der Waals surface area (Å²) in [5.41, 5.74) is 5.22. The van der Waals surface area contributed by atoms with Crippen LogP contribution in [0.25, 0.3) is 44.7 Å². The van der Waals surface area contributed by atoms with Crippen molar-refractivity contribution in [3.8, 4) is 39.5 Å². The summed E-state index contributed by atoms with van der Waals surface area (Å²) in [5.74, 6) is 0.847. The van der Waals surface area contributed by atoms with Crippen molar-refractivity contribution >= 4 is 40.3 Å². The Labute approximate surface area is 373 Å². The van der Waals surface area contributed by atoms with Crippen molar-refractivity contribution in [1.82, 2.24) is 44.6 Å². The maximum atomic E-state index is 16.8. The number of nitrogens with one attached hydrogen (secondary N) is 3. The Morgan fingerprint density at radius 3 is 2.31 bits per heavy atom. The Morgan fingerprint density at radius 2 is 1.62 bits per heavy atom. The number of likely N-dealkylation sites (tertiary alicyclic amines) is 2.